The van der Waals surface area contributed by atoms with Gasteiger partial charge < -0.3 is 15.2 Å². The summed E-state index contributed by atoms with van der Waals surface area (Å²) in [7, 11) is 0. The highest BCUT2D eigenvalue weighted by Gasteiger charge is 2.10. The summed E-state index contributed by atoms with van der Waals surface area (Å²) in [5, 5.41) is 0. The van der Waals surface area contributed by atoms with Crippen molar-refractivity contribution in [3.63, 3.8) is 0 Å². The molecule has 2 N–H and O–H groups in total. The van der Waals surface area contributed by atoms with Gasteiger partial charge in [-0.1, -0.05) is 6.07 Å². The van der Waals surface area contributed by atoms with Crippen LogP contribution in [0.15, 0.2) is 40.9 Å². The molecule has 100 valence electrons. The average Bonchev–Trinajstić information content (AvgIpc) is 2.37. The van der Waals surface area contributed by atoms with Gasteiger partial charge in [0.15, 0.2) is 5.75 Å². The number of anilines is 1. The summed E-state index contributed by atoms with van der Waals surface area (Å²) >= 11 is 3.24. The number of para-hydroxylation sites is 1. The van der Waals surface area contributed by atoms with Crippen LogP contribution in [0.4, 0.5) is 10.1 Å². The van der Waals surface area contributed by atoms with Crippen molar-refractivity contribution in [2.75, 3.05) is 12.3 Å². The van der Waals surface area contributed by atoms with Crippen LogP contribution in [-0.2, 0) is 0 Å². The quantitative estimate of drug-likeness (QED) is 0.849. The molecule has 0 aliphatic heterocycles. The molecule has 0 saturated heterocycles. The van der Waals surface area contributed by atoms with Gasteiger partial charge in [-0.25, -0.2) is 4.39 Å². The third-order valence-electron chi connectivity index (χ3n) is 2.44. The van der Waals surface area contributed by atoms with Crippen molar-refractivity contribution in [1.29, 1.82) is 0 Å². The van der Waals surface area contributed by atoms with Crippen LogP contribution in [0.25, 0.3) is 0 Å². The number of rotatable bonds is 4. The van der Waals surface area contributed by atoms with E-state index < -0.39 is 0 Å². The van der Waals surface area contributed by atoms with Gasteiger partial charge in [0.05, 0.1) is 11.1 Å². The molecule has 0 aromatic heterocycles. The fraction of sp³-hybridized carbons (Fsp3) is 0.143. The topological polar surface area (TPSA) is 44.5 Å². The second kappa shape index (κ2) is 5.93. The van der Waals surface area contributed by atoms with E-state index in [9.17, 15) is 4.39 Å². The second-order valence-corrected chi connectivity index (χ2v) is 4.63. The van der Waals surface area contributed by atoms with Gasteiger partial charge in [0.2, 0.25) is 0 Å². The van der Waals surface area contributed by atoms with Gasteiger partial charge in [-0.3, -0.25) is 0 Å². The number of hydrogen-bond acceptors (Lipinski definition) is 3. The minimum Gasteiger partial charge on any atom is -0.492 e. The molecule has 2 rings (SSSR count). The Labute approximate surface area is 119 Å². The molecular weight excluding hydrogens is 313 g/mol. The summed E-state index contributed by atoms with van der Waals surface area (Å²) in [5.41, 5.74) is 6.38. The molecule has 0 amide bonds. The SMILES string of the molecule is CCOc1cccc(Oc2ccc(F)cc2Br)c1N. The Morgan fingerprint density at radius 1 is 1.16 bits per heavy atom. The van der Waals surface area contributed by atoms with E-state index in [1.165, 1.54) is 18.2 Å². The molecule has 0 aliphatic carbocycles. The number of halogens is 2. The fourth-order valence-corrected chi connectivity index (χ4v) is 2.00. The number of ether oxygens (including phenoxy) is 2. The zero-order valence-corrected chi connectivity index (χ0v) is 11.9. The molecule has 2 aromatic rings. The Morgan fingerprint density at radius 2 is 1.89 bits per heavy atom. The first-order valence-electron chi connectivity index (χ1n) is 5.76. The van der Waals surface area contributed by atoms with Crippen molar-refractivity contribution in [3.8, 4) is 17.2 Å². The first-order chi connectivity index (χ1) is 9.11. The third kappa shape index (κ3) is 3.17. The summed E-state index contributed by atoms with van der Waals surface area (Å²) in [4.78, 5) is 0. The van der Waals surface area contributed by atoms with Crippen LogP contribution in [0.1, 0.15) is 6.92 Å². The summed E-state index contributed by atoms with van der Waals surface area (Å²) < 4.78 is 24.6. The monoisotopic (exact) mass is 325 g/mol. The van der Waals surface area contributed by atoms with Gasteiger partial charge in [-0.15, -0.1) is 0 Å². The van der Waals surface area contributed by atoms with E-state index in [1.807, 2.05) is 6.92 Å². The van der Waals surface area contributed by atoms with Crippen LogP contribution in [0.3, 0.4) is 0 Å². The summed E-state index contributed by atoms with van der Waals surface area (Å²) in [5.74, 6) is 1.19. The molecular formula is C14H13BrFNO2. The smallest absolute Gasteiger partial charge is 0.154 e. The normalized spacial score (nSPS) is 10.3. The molecule has 2 aromatic carbocycles. The lowest BCUT2D eigenvalue weighted by molar-refractivity contribution is 0.340. The van der Waals surface area contributed by atoms with Gasteiger partial charge >= 0.3 is 0 Å². The van der Waals surface area contributed by atoms with Gasteiger partial charge in [0.1, 0.15) is 23.0 Å². The standard InChI is InChI=1S/C14H13BrFNO2/c1-2-18-12-4-3-5-13(14(12)17)19-11-7-6-9(16)8-10(11)15/h3-8H,2,17H2,1H3. The van der Waals surface area contributed by atoms with Gasteiger partial charge in [0, 0.05) is 0 Å². The minimum absolute atomic E-state index is 0.338. The maximum absolute atomic E-state index is 13.0. The van der Waals surface area contributed by atoms with Gasteiger partial charge in [0.25, 0.3) is 0 Å². The molecule has 0 fully saturated rings. The Morgan fingerprint density at radius 3 is 2.58 bits per heavy atom. The van der Waals surface area contributed by atoms with Crippen LogP contribution in [0.5, 0.6) is 17.2 Å². The second-order valence-electron chi connectivity index (χ2n) is 3.78. The van der Waals surface area contributed by atoms with E-state index in [4.69, 9.17) is 15.2 Å². The van der Waals surface area contributed by atoms with E-state index in [2.05, 4.69) is 15.9 Å². The lowest BCUT2D eigenvalue weighted by Crippen LogP contribution is -1.99. The zero-order chi connectivity index (χ0) is 13.8. The largest absolute Gasteiger partial charge is 0.492 e. The Bertz CT molecular complexity index is 590. The molecule has 19 heavy (non-hydrogen) atoms. The summed E-state index contributed by atoms with van der Waals surface area (Å²) in [6.45, 7) is 2.40. The van der Waals surface area contributed by atoms with Crippen LogP contribution < -0.4 is 15.2 Å². The van der Waals surface area contributed by atoms with E-state index in [0.29, 0.717) is 34.0 Å². The maximum atomic E-state index is 13.0. The number of hydrogen-bond donors (Lipinski definition) is 1. The average molecular weight is 326 g/mol. The van der Waals surface area contributed by atoms with Crippen LogP contribution in [-0.4, -0.2) is 6.61 Å². The molecule has 0 aliphatic rings. The fourth-order valence-electron chi connectivity index (χ4n) is 1.57. The lowest BCUT2D eigenvalue weighted by Gasteiger charge is -2.13. The highest BCUT2D eigenvalue weighted by molar-refractivity contribution is 9.10. The van der Waals surface area contributed by atoms with E-state index in [1.54, 1.807) is 18.2 Å². The zero-order valence-electron chi connectivity index (χ0n) is 10.3. The number of benzene rings is 2. The molecule has 0 radical (unpaired) electrons. The summed E-state index contributed by atoms with van der Waals surface area (Å²) in [6.07, 6.45) is 0. The Balaban J connectivity index is 2.30. The minimum atomic E-state index is -0.338. The highest BCUT2D eigenvalue weighted by Crippen LogP contribution is 2.37. The molecule has 5 heteroatoms. The number of nitrogen functional groups attached to an aromatic ring is 1. The van der Waals surface area contributed by atoms with Crippen molar-refractivity contribution in [3.05, 3.63) is 46.7 Å². The van der Waals surface area contributed by atoms with Crippen molar-refractivity contribution in [1.82, 2.24) is 0 Å². The molecule has 0 heterocycles. The number of nitrogens with two attached hydrogens (primary N) is 1. The van der Waals surface area contributed by atoms with Crippen molar-refractivity contribution in [2.24, 2.45) is 0 Å². The first-order valence-corrected chi connectivity index (χ1v) is 6.55. The van der Waals surface area contributed by atoms with Crippen LogP contribution in [0, 0.1) is 5.82 Å². The third-order valence-corrected chi connectivity index (χ3v) is 3.06. The van der Waals surface area contributed by atoms with Crippen molar-refractivity contribution >= 4 is 21.6 Å². The Hall–Kier alpha value is -1.75. The Kier molecular flexibility index (Phi) is 4.27. The van der Waals surface area contributed by atoms with E-state index in [0.717, 1.165) is 0 Å². The molecule has 0 saturated carbocycles. The molecule has 0 atom stereocenters. The van der Waals surface area contributed by atoms with Crippen LogP contribution >= 0.6 is 15.9 Å². The molecule has 0 unspecified atom stereocenters. The van der Waals surface area contributed by atoms with Gasteiger partial charge in [-0.05, 0) is 53.2 Å². The van der Waals surface area contributed by atoms with E-state index >= 15 is 0 Å². The lowest BCUT2D eigenvalue weighted by atomic mass is 10.2. The molecule has 0 bridgehead atoms. The highest BCUT2D eigenvalue weighted by atomic mass is 79.9. The van der Waals surface area contributed by atoms with Crippen molar-refractivity contribution in [2.45, 2.75) is 6.92 Å². The van der Waals surface area contributed by atoms with Crippen molar-refractivity contribution < 1.29 is 13.9 Å². The molecule has 3 nitrogen and oxygen atoms in total. The first kappa shape index (κ1) is 13.7. The summed E-state index contributed by atoms with van der Waals surface area (Å²) in [6, 6.07) is 9.47. The predicted molar refractivity (Wildman–Crippen MR) is 76.2 cm³/mol. The predicted octanol–water partition coefficient (Wildman–Crippen LogP) is 4.36. The van der Waals surface area contributed by atoms with E-state index in [-0.39, 0.29) is 5.82 Å². The van der Waals surface area contributed by atoms with Crippen LogP contribution in [0.2, 0.25) is 0 Å². The maximum Gasteiger partial charge on any atom is 0.154 e. The molecule has 0 spiro atoms. The van der Waals surface area contributed by atoms with Gasteiger partial charge in [-0.2, -0.15) is 0 Å².